The summed E-state index contributed by atoms with van der Waals surface area (Å²) in [5.74, 6) is 0.497. The van der Waals surface area contributed by atoms with Gasteiger partial charge in [-0.05, 0) is 61.7 Å². The van der Waals surface area contributed by atoms with E-state index in [4.69, 9.17) is 9.15 Å². The van der Waals surface area contributed by atoms with Gasteiger partial charge >= 0.3 is 0 Å². The third-order valence-corrected chi connectivity index (χ3v) is 7.97. The SMILES string of the molecule is CC1CN(S(=O)(=O)c2ccc(C(=O)N(Cc3ccco3)Cc3cccs3)cc2)CC(C)O1. The molecule has 3 aromatic rings. The van der Waals surface area contributed by atoms with E-state index >= 15 is 0 Å². The van der Waals surface area contributed by atoms with E-state index in [0.29, 0.717) is 37.5 Å². The molecular weight excluding hydrogens is 448 g/mol. The molecule has 3 heterocycles. The Morgan fingerprint density at radius 2 is 1.78 bits per heavy atom. The average Bonchev–Trinajstić information content (AvgIpc) is 3.46. The fraction of sp³-hybridized carbons (Fsp3) is 0.348. The lowest BCUT2D eigenvalue weighted by atomic mass is 10.2. The first kappa shape index (κ1) is 22.7. The van der Waals surface area contributed by atoms with E-state index in [1.807, 2.05) is 37.4 Å². The second-order valence-corrected chi connectivity index (χ2v) is 10.9. The van der Waals surface area contributed by atoms with Gasteiger partial charge in [-0.25, -0.2) is 8.42 Å². The Morgan fingerprint density at radius 1 is 1.06 bits per heavy atom. The van der Waals surface area contributed by atoms with Gasteiger partial charge in [-0.1, -0.05) is 6.07 Å². The monoisotopic (exact) mass is 474 g/mol. The van der Waals surface area contributed by atoms with Gasteiger partial charge < -0.3 is 14.1 Å². The van der Waals surface area contributed by atoms with Crippen LogP contribution in [0.1, 0.15) is 34.8 Å². The van der Waals surface area contributed by atoms with Crippen LogP contribution in [0.5, 0.6) is 0 Å². The number of hydrogen-bond acceptors (Lipinski definition) is 6. The van der Waals surface area contributed by atoms with Crippen molar-refractivity contribution < 1.29 is 22.4 Å². The molecule has 1 aliphatic heterocycles. The minimum Gasteiger partial charge on any atom is -0.467 e. The molecule has 1 saturated heterocycles. The second-order valence-electron chi connectivity index (χ2n) is 7.92. The Morgan fingerprint density at radius 3 is 2.38 bits per heavy atom. The smallest absolute Gasteiger partial charge is 0.254 e. The Bertz CT molecular complexity index is 1080. The number of carbonyl (C=O) groups excluding carboxylic acids is 1. The van der Waals surface area contributed by atoms with Crippen LogP contribution < -0.4 is 0 Å². The normalized spacial score (nSPS) is 19.7. The summed E-state index contributed by atoms with van der Waals surface area (Å²) in [4.78, 5) is 16.2. The first-order valence-corrected chi connectivity index (χ1v) is 12.7. The Kier molecular flexibility index (Phi) is 6.80. The molecule has 0 N–H and O–H groups in total. The second kappa shape index (κ2) is 9.58. The van der Waals surface area contributed by atoms with Crippen molar-refractivity contribution in [2.24, 2.45) is 0 Å². The molecular formula is C23H26N2O5S2. The molecule has 0 radical (unpaired) electrons. The number of morpholine rings is 1. The van der Waals surface area contributed by atoms with E-state index in [0.717, 1.165) is 4.88 Å². The maximum Gasteiger partial charge on any atom is 0.254 e. The number of hydrogen-bond donors (Lipinski definition) is 0. The van der Waals surface area contributed by atoms with E-state index in [-0.39, 0.29) is 23.0 Å². The Hall–Kier alpha value is -2.46. The topological polar surface area (TPSA) is 80.1 Å². The van der Waals surface area contributed by atoms with Gasteiger partial charge in [0, 0.05) is 23.5 Å². The summed E-state index contributed by atoms with van der Waals surface area (Å²) < 4.78 is 38.7. The lowest BCUT2D eigenvalue weighted by Crippen LogP contribution is -2.48. The van der Waals surface area contributed by atoms with Gasteiger partial charge in [-0.3, -0.25) is 4.79 Å². The number of ether oxygens (including phenoxy) is 1. The molecule has 1 fully saturated rings. The molecule has 7 nitrogen and oxygen atoms in total. The molecule has 1 amide bonds. The van der Waals surface area contributed by atoms with Gasteiger partial charge in [-0.15, -0.1) is 11.3 Å². The summed E-state index contributed by atoms with van der Waals surface area (Å²) in [6.07, 6.45) is 1.25. The molecule has 2 atom stereocenters. The minimum atomic E-state index is -3.66. The summed E-state index contributed by atoms with van der Waals surface area (Å²) in [5.41, 5.74) is 0.427. The molecule has 4 rings (SSSR count). The zero-order valence-corrected chi connectivity index (χ0v) is 19.6. The number of thiophene rings is 1. The minimum absolute atomic E-state index is 0.165. The number of nitrogens with zero attached hydrogens (tertiary/aromatic N) is 2. The van der Waals surface area contributed by atoms with Crippen molar-refractivity contribution in [2.45, 2.75) is 44.0 Å². The van der Waals surface area contributed by atoms with Crippen LogP contribution in [0.2, 0.25) is 0 Å². The van der Waals surface area contributed by atoms with Gasteiger partial charge in [0.25, 0.3) is 5.91 Å². The standard InChI is InChI=1S/C23H26N2O5S2/c1-17-13-25(14-18(2)30-17)32(27,28)22-9-7-19(8-10-22)23(26)24(15-20-5-3-11-29-20)16-21-6-4-12-31-21/h3-12,17-18H,13-16H2,1-2H3. The zero-order chi connectivity index (χ0) is 22.7. The highest BCUT2D eigenvalue weighted by molar-refractivity contribution is 7.89. The predicted octanol–water partition coefficient (Wildman–Crippen LogP) is 3.98. The Balaban J connectivity index is 1.54. The number of furan rings is 1. The van der Waals surface area contributed by atoms with Crippen molar-refractivity contribution in [3.63, 3.8) is 0 Å². The maximum absolute atomic E-state index is 13.3. The van der Waals surface area contributed by atoms with Crippen molar-refractivity contribution >= 4 is 27.3 Å². The van der Waals surface area contributed by atoms with Crippen LogP contribution in [0.3, 0.4) is 0 Å². The maximum atomic E-state index is 13.3. The number of carbonyl (C=O) groups is 1. The molecule has 32 heavy (non-hydrogen) atoms. The Labute approximate surface area is 192 Å². The highest BCUT2D eigenvalue weighted by Crippen LogP contribution is 2.23. The van der Waals surface area contributed by atoms with Crippen LogP contribution in [0.25, 0.3) is 0 Å². The predicted molar refractivity (Wildman–Crippen MR) is 122 cm³/mol. The number of benzene rings is 1. The fourth-order valence-electron chi connectivity index (χ4n) is 3.81. The quantitative estimate of drug-likeness (QED) is 0.517. The van der Waals surface area contributed by atoms with Crippen LogP contribution in [0.4, 0.5) is 0 Å². The van der Waals surface area contributed by atoms with Crippen molar-refractivity contribution in [3.05, 3.63) is 76.4 Å². The lowest BCUT2D eigenvalue weighted by Gasteiger charge is -2.34. The van der Waals surface area contributed by atoms with Crippen LogP contribution >= 0.6 is 11.3 Å². The van der Waals surface area contributed by atoms with Crippen LogP contribution in [0.15, 0.2) is 69.5 Å². The molecule has 2 unspecified atom stereocenters. The number of amides is 1. The molecule has 2 aromatic heterocycles. The van der Waals surface area contributed by atoms with Crippen molar-refractivity contribution in [2.75, 3.05) is 13.1 Å². The highest BCUT2D eigenvalue weighted by Gasteiger charge is 2.32. The van der Waals surface area contributed by atoms with Crippen molar-refractivity contribution in [3.8, 4) is 0 Å². The van der Waals surface area contributed by atoms with Gasteiger partial charge in [0.15, 0.2) is 0 Å². The van der Waals surface area contributed by atoms with Crippen LogP contribution in [-0.2, 0) is 27.8 Å². The van der Waals surface area contributed by atoms with E-state index in [9.17, 15) is 13.2 Å². The van der Waals surface area contributed by atoms with Gasteiger partial charge in [0.2, 0.25) is 10.0 Å². The van der Waals surface area contributed by atoms with Gasteiger partial charge in [0.05, 0.1) is 36.5 Å². The fourth-order valence-corrected chi connectivity index (χ4v) is 6.12. The summed E-state index contributed by atoms with van der Waals surface area (Å²) in [6, 6.07) is 13.7. The summed E-state index contributed by atoms with van der Waals surface area (Å²) in [5, 5.41) is 1.97. The van der Waals surface area contributed by atoms with Crippen LogP contribution in [0, 0.1) is 0 Å². The molecule has 0 spiro atoms. The molecule has 0 saturated carbocycles. The molecule has 1 aliphatic rings. The van der Waals surface area contributed by atoms with E-state index in [1.165, 1.54) is 16.4 Å². The molecule has 170 valence electrons. The third-order valence-electron chi connectivity index (χ3n) is 5.27. The molecule has 0 bridgehead atoms. The summed E-state index contributed by atoms with van der Waals surface area (Å²) in [6.45, 7) is 5.12. The highest BCUT2D eigenvalue weighted by atomic mass is 32.2. The number of sulfonamides is 1. The largest absolute Gasteiger partial charge is 0.467 e. The third kappa shape index (κ3) is 5.12. The molecule has 0 aliphatic carbocycles. The lowest BCUT2D eigenvalue weighted by molar-refractivity contribution is -0.0440. The first-order valence-electron chi connectivity index (χ1n) is 10.4. The van der Waals surface area contributed by atoms with Crippen LogP contribution in [-0.4, -0.2) is 48.8 Å². The average molecular weight is 475 g/mol. The van der Waals surface area contributed by atoms with Crippen molar-refractivity contribution in [1.82, 2.24) is 9.21 Å². The first-order chi connectivity index (χ1) is 15.3. The van der Waals surface area contributed by atoms with Gasteiger partial charge in [0.1, 0.15) is 5.76 Å². The zero-order valence-electron chi connectivity index (χ0n) is 18.0. The van der Waals surface area contributed by atoms with E-state index < -0.39 is 10.0 Å². The molecule has 1 aromatic carbocycles. The summed E-state index contributed by atoms with van der Waals surface area (Å²) >= 11 is 1.58. The van der Waals surface area contributed by atoms with E-state index in [1.54, 1.807) is 40.7 Å². The van der Waals surface area contributed by atoms with Crippen molar-refractivity contribution in [1.29, 1.82) is 0 Å². The van der Waals surface area contributed by atoms with Gasteiger partial charge in [-0.2, -0.15) is 4.31 Å². The van der Waals surface area contributed by atoms with E-state index in [2.05, 4.69) is 0 Å². The number of rotatable bonds is 7. The molecule has 9 heteroatoms. The summed E-state index contributed by atoms with van der Waals surface area (Å²) in [7, 11) is -3.66.